The maximum atomic E-state index is 11.4. The second-order valence-corrected chi connectivity index (χ2v) is 4.06. The highest BCUT2D eigenvalue weighted by molar-refractivity contribution is 5.77. The second kappa shape index (κ2) is 4.13. The molecule has 2 bridgehead atoms. The van der Waals surface area contributed by atoms with Crippen LogP contribution in [0.25, 0.3) is 0 Å². The van der Waals surface area contributed by atoms with Gasteiger partial charge in [-0.2, -0.15) is 5.06 Å². The molecule has 2 rings (SSSR count). The molecule has 3 amide bonds. The second-order valence-electron chi connectivity index (χ2n) is 4.06. The van der Waals surface area contributed by atoms with Crippen LogP contribution in [0.1, 0.15) is 13.3 Å². The lowest BCUT2D eigenvalue weighted by Gasteiger charge is -2.22. The molecule has 16 heavy (non-hydrogen) atoms. The standard InChI is InChI=1S/C10H15N3O3/c1-7(14)11-4-2-8-3-5-12-6-9(8)13(16)10(12)15/h3,9,16H,2,4-6H2,1H3,(H,11,14). The van der Waals surface area contributed by atoms with Crippen LogP contribution < -0.4 is 5.32 Å². The van der Waals surface area contributed by atoms with Gasteiger partial charge in [0.1, 0.15) is 0 Å². The van der Waals surface area contributed by atoms with Crippen molar-refractivity contribution in [3.05, 3.63) is 11.6 Å². The molecule has 0 aliphatic carbocycles. The van der Waals surface area contributed by atoms with E-state index in [0.717, 1.165) is 10.6 Å². The average molecular weight is 225 g/mol. The van der Waals surface area contributed by atoms with Crippen LogP contribution in [0.5, 0.6) is 0 Å². The summed E-state index contributed by atoms with van der Waals surface area (Å²) in [6.07, 6.45) is 2.62. The molecule has 0 aromatic rings. The first-order chi connectivity index (χ1) is 7.59. The summed E-state index contributed by atoms with van der Waals surface area (Å²) >= 11 is 0. The topological polar surface area (TPSA) is 72.9 Å². The summed E-state index contributed by atoms with van der Waals surface area (Å²) in [6, 6.07) is -0.578. The normalized spacial score (nSPS) is 23.5. The van der Waals surface area contributed by atoms with Gasteiger partial charge in [-0.15, -0.1) is 0 Å². The van der Waals surface area contributed by atoms with Crippen LogP contribution in [-0.4, -0.2) is 52.8 Å². The minimum absolute atomic E-state index is 0.0682. The highest BCUT2D eigenvalue weighted by Crippen LogP contribution is 2.26. The number of carbonyl (C=O) groups is 2. The molecule has 0 aromatic heterocycles. The monoisotopic (exact) mass is 225 g/mol. The van der Waals surface area contributed by atoms with E-state index in [1.165, 1.54) is 6.92 Å². The molecule has 88 valence electrons. The van der Waals surface area contributed by atoms with Gasteiger partial charge in [-0.1, -0.05) is 6.08 Å². The molecular formula is C10H15N3O3. The van der Waals surface area contributed by atoms with Crippen LogP contribution in [0.4, 0.5) is 4.79 Å². The van der Waals surface area contributed by atoms with Gasteiger partial charge in [0.25, 0.3) is 0 Å². The maximum absolute atomic E-state index is 11.4. The quantitative estimate of drug-likeness (QED) is 0.522. The molecular weight excluding hydrogens is 210 g/mol. The minimum Gasteiger partial charge on any atom is -0.356 e. The largest absolute Gasteiger partial charge is 0.356 e. The van der Waals surface area contributed by atoms with Crippen LogP contribution in [0, 0.1) is 0 Å². The van der Waals surface area contributed by atoms with Crippen molar-refractivity contribution in [3.63, 3.8) is 0 Å². The molecule has 0 saturated carbocycles. The van der Waals surface area contributed by atoms with E-state index in [0.29, 0.717) is 26.1 Å². The maximum Gasteiger partial charge on any atom is 0.344 e. The van der Waals surface area contributed by atoms with E-state index in [1.807, 2.05) is 6.08 Å². The first-order valence-electron chi connectivity index (χ1n) is 5.30. The van der Waals surface area contributed by atoms with E-state index < -0.39 is 0 Å². The number of hydrogen-bond donors (Lipinski definition) is 2. The number of nitrogens with zero attached hydrogens (tertiary/aromatic N) is 2. The number of carbonyl (C=O) groups excluding carboxylic acids is 2. The molecule has 1 atom stereocenters. The van der Waals surface area contributed by atoms with Crippen molar-refractivity contribution in [1.29, 1.82) is 0 Å². The van der Waals surface area contributed by atoms with Crippen molar-refractivity contribution < 1.29 is 14.8 Å². The van der Waals surface area contributed by atoms with E-state index in [2.05, 4.69) is 5.32 Å². The number of amides is 3. The lowest BCUT2D eigenvalue weighted by molar-refractivity contribution is -0.118. The van der Waals surface area contributed by atoms with E-state index in [1.54, 1.807) is 4.90 Å². The molecule has 2 heterocycles. The van der Waals surface area contributed by atoms with Crippen molar-refractivity contribution in [1.82, 2.24) is 15.3 Å². The van der Waals surface area contributed by atoms with Gasteiger partial charge in [0.2, 0.25) is 5.91 Å². The van der Waals surface area contributed by atoms with Gasteiger partial charge < -0.3 is 10.2 Å². The molecule has 0 aromatic carbocycles. The number of nitrogens with one attached hydrogen (secondary N) is 1. The van der Waals surface area contributed by atoms with Crippen molar-refractivity contribution in [2.75, 3.05) is 19.6 Å². The summed E-state index contributed by atoms with van der Waals surface area (Å²) < 4.78 is 0. The first kappa shape index (κ1) is 10.9. The van der Waals surface area contributed by atoms with Crippen LogP contribution in [0.3, 0.4) is 0 Å². The Labute approximate surface area is 93.5 Å². The number of urea groups is 1. The molecule has 1 unspecified atom stereocenters. The van der Waals surface area contributed by atoms with Crippen molar-refractivity contribution >= 4 is 11.9 Å². The average Bonchev–Trinajstić information content (AvgIpc) is 2.47. The molecule has 0 spiro atoms. The van der Waals surface area contributed by atoms with Crippen LogP contribution >= 0.6 is 0 Å². The zero-order chi connectivity index (χ0) is 11.7. The fraction of sp³-hybridized carbons (Fsp3) is 0.600. The van der Waals surface area contributed by atoms with Gasteiger partial charge in [-0.05, 0) is 12.0 Å². The summed E-state index contributed by atoms with van der Waals surface area (Å²) in [7, 11) is 0. The Bertz CT molecular complexity index is 353. The molecule has 2 N–H and O–H groups in total. The van der Waals surface area contributed by atoms with Gasteiger partial charge in [0, 0.05) is 26.6 Å². The fourth-order valence-corrected chi connectivity index (χ4v) is 2.08. The Hall–Kier alpha value is -1.56. The van der Waals surface area contributed by atoms with E-state index in [9.17, 15) is 14.8 Å². The van der Waals surface area contributed by atoms with Gasteiger partial charge >= 0.3 is 6.03 Å². The zero-order valence-corrected chi connectivity index (χ0v) is 9.14. The molecule has 1 fully saturated rings. The Kier molecular flexibility index (Phi) is 2.82. The molecule has 1 saturated heterocycles. The summed E-state index contributed by atoms with van der Waals surface area (Å²) in [5, 5.41) is 13.0. The van der Waals surface area contributed by atoms with Crippen molar-refractivity contribution in [2.45, 2.75) is 19.4 Å². The summed E-state index contributed by atoms with van der Waals surface area (Å²) in [4.78, 5) is 23.7. The highest BCUT2D eigenvalue weighted by Gasteiger charge is 2.40. The van der Waals surface area contributed by atoms with Crippen molar-refractivity contribution in [3.8, 4) is 0 Å². The Balaban J connectivity index is 1.94. The highest BCUT2D eigenvalue weighted by atomic mass is 16.5. The van der Waals surface area contributed by atoms with Gasteiger partial charge in [-0.25, -0.2) is 4.79 Å². The van der Waals surface area contributed by atoms with E-state index >= 15 is 0 Å². The van der Waals surface area contributed by atoms with Crippen molar-refractivity contribution in [2.24, 2.45) is 0 Å². The van der Waals surface area contributed by atoms with Crippen LogP contribution in [-0.2, 0) is 4.79 Å². The lowest BCUT2D eigenvalue weighted by Crippen LogP contribution is -2.33. The SMILES string of the molecule is CC(=O)NCCC1=CCN2CC1N(O)C2=O. The Morgan fingerprint density at radius 2 is 2.44 bits per heavy atom. The Morgan fingerprint density at radius 1 is 1.69 bits per heavy atom. The molecule has 2 aliphatic rings. The van der Waals surface area contributed by atoms with Gasteiger partial charge in [-0.3, -0.25) is 10.0 Å². The molecule has 6 heteroatoms. The Morgan fingerprint density at radius 3 is 3.12 bits per heavy atom. The van der Waals surface area contributed by atoms with Gasteiger partial charge in [0.05, 0.1) is 6.04 Å². The third-order valence-electron chi connectivity index (χ3n) is 2.94. The van der Waals surface area contributed by atoms with E-state index in [4.69, 9.17) is 0 Å². The fourth-order valence-electron chi connectivity index (χ4n) is 2.08. The number of fused-ring (bicyclic) bond motifs is 2. The summed E-state index contributed by atoms with van der Waals surface area (Å²) in [5.74, 6) is -0.0682. The smallest absolute Gasteiger partial charge is 0.344 e. The predicted molar refractivity (Wildman–Crippen MR) is 55.8 cm³/mol. The third-order valence-corrected chi connectivity index (χ3v) is 2.94. The number of hydroxylamine groups is 2. The molecule has 2 aliphatic heterocycles. The first-order valence-corrected chi connectivity index (χ1v) is 5.30. The lowest BCUT2D eigenvalue weighted by atomic mass is 10.0. The molecule has 6 nitrogen and oxygen atoms in total. The number of hydrogen-bond acceptors (Lipinski definition) is 3. The summed E-state index contributed by atoms with van der Waals surface area (Å²) in [5.41, 5.74) is 1.01. The van der Waals surface area contributed by atoms with Crippen LogP contribution in [0.15, 0.2) is 11.6 Å². The zero-order valence-electron chi connectivity index (χ0n) is 9.14. The third kappa shape index (κ3) is 1.88. The number of rotatable bonds is 3. The molecule has 0 radical (unpaired) electrons. The van der Waals surface area contributed by atoms with Gasteiger partial charge in [0.15, 0.2) is 0 Å². The van der Waals surface area contributed by atoms with Crippen LogP contribution in [0.2, 0.25) is 0 Å². The van der Waals surface area contributed by atoms with E-state index in [-0.39, 0.29) is 18.0 Å². The summed E-state index contributed by atoms with van der Waals surface area (Å²) in [6.45, 7) is 3.09. The predicted octanol–water partition coefficient (Wildman–Crippen LogP) is -0.0520. The minimum atomic E-state index is -0.337.